The Balaban J connectivity index is 0.000000864. The van der Waals surface area contributed by atoms with Gasteiger partial charge in [0.05, 0.1) is 55.4 Å². The third-order valence-electron chi connectivity index (χ3n) is 17.5. The lowest BCUT2D eigenvalue weighted by Gasteiger charge is -2.40. The fourth-order valence-corrected chi connectivity index (χ4v) is 12.7. The smallest absolute Gasteiger partial charge is 0.343 e. The fourth-order valence-electron chi connectivity index (χ4n) is 12.2. The van der Waals surface area contributed by atoms with Crippen LogP contribution in [0.5, 0.6) is 23.0 Å². The van der Waals surface area contributed by atoms with E-state index in [0.29, 0.717) is 117 Å². The maximum absolute atomic E-state index is 14.2. The summed E-state index contributed by atoms with van der Waals surface area (Å²) in [7, 11) is 4.46. The lowest BCUT2D eigenvalue weighted by Crippen LogP contribution is -2.59. The SMILES string of the molecule is CCC1(O)C(=O)OCc2c1cc1n(c2=O)Cc2c-1nc1cc3c(cc1c2CN1CCN(C(=O)[C@H](C)NC(=O)[C@H](CCCCNC(=S)Nc2ccc(OC)cc2)NC(=S)Nc2ccc(O[C@H]4O[C@@H](C)[C@@H](O)[C@@H](OC)C4O)cc2)CC1)OCCO3.COC1C(O)COC[C@H]1O. The molecule has 2 aromatic heterocycles. The highest BCUT2D eigenvalue weighted by atomic mass is 32.1. The number of unbranched alkanes of at least 4 members (excludes halogenated alkanes) is 1. The molecule has 4 unspecified atom stereocenters. The number of cyclic esters (lactones) is 1. The van der Waals surface area contributed by atoms with Crippen LogP contribution in [0.2, 0.25) is 0 Å². The fraction of sp³-hybridized carbons (Fsp3) is 0.516. The molecule has 11 atom stereocenters. The summed E-state index contributed by atoms with van der Waals surface area (Å²) in [6, 6.07) is 17.8. The molecule has 3 aromatic carbocycles. The van der Waals surface area contributed by atoms with Crippen molar-refractivity contribution in [2.75, 3.05) is 91.1 Å². The number of anilines is 2. The quantitative estimate of drug-likeness (QED) is 0.0315. The van der Waals surface area contributed by atoms with Crippen LogP contribution in [-0.2, 0) is 63.4 Å². The first kappa shape index (κ1) is 68.5. The zero-order chi connectivity index (χ0) is 66.3. The average Bonchev–Trinajstić information content (AvgIpc) is 1.61. The zero-order valence-corrected chi connectivity index (χ0v) is 54.2. The Kier molecular flexibility index (Phi) is 22.3. The van der Waals surface area contributed by atoms with Crippen molar-refractivity contribution in [1.82, 2.24) is 35.3 Å². The number of amides is 2. The number of hydrogen-bond donors (Lipinski definition) is 10. The molecule has 0 bridgehead atoms. The minimum absolute atomic E-state index is 0.0186. The first-order valence-corrected chi connectivity index (χ1v) is 31.8. The van der Waals surface area contributed by atoms with E-state index in [2.05, 4.69) is 31.5 Å². The van der Waals surface area contributed by atoms with Crippen LogP contribution in [0.4, 0.5) is 11.4 Å². The van der Waals surface area contributed by atoms with Crippen LogP contribution in [0.15, 0.2) is 71.5 Å². The first-order valence-electron chi connectivity index (χ1n) is 31.0. The highest BCUT2D eigenvalue weighted by Gasteiger charge is 2.47. The molecule has 0 radical (unpaired) electrons. The number of hydrogen-bond acceptors (Lipinski definition) is 22. The number of nitrogens with zero attached hydrogens (tertiary/aromatic N) is 4. The lowest BCUT2D eigenvalue weighted by molar-refractivity contribution is -0.272. The Morgan fingerprint density at radius 2 is 1.44 bits per heavy atom. The van der Waals surface area contributed by atoms with Crippen LogP contribution in [0.3, 0.4) is 0 Å². The molecule has 6 aliphatic rings. The van der Waals surface area contributed by atoms with Gasteiger partial charge in [-0.1, -0.05) is 6.92 Å². The van der Waals surface area contributed by atoms with E-state index >= 15 is 0 Å². The first-order chi connectivity index (χ1) is 44.7. The van der Waals surface area contributed by atoms with Gasteiger partial charge < -0.3 is 104 Å². The molecule has 27 nitrogen and oxygen atoms in total. The number of thiocarbonyl (C=S) groups is 2. The summed E-state index contributed by atoms with van der Waals surface area (Å²) in [4.78, 5) is 64.6. The van der Waals surface area contributed by atoms with Gasteiger partial charge in [-0.05, 0) is 130 Å². The summed E-state index contributed by atoms with van der Waals surface area (Å²) in [6.07, 6.45) is -5.21. The van der Waals surface area contributed by atoms with Crippen molar-refractivity contribution < 1.29 is 82.5 Å². The molecular weight excluding hydrogens is 1250 g/mol. The molecular formula is C64H81N9O18S2. The third-order valence-corrected chi connectivity index (χ3v) is 17.9. The molecule has 11 rings (SSSR count). The number of carbonyl (C=O) groups excluding carboxylic acids is 3. The highest BCUT2D eigenvalue weighted by Crippen LogP contribution is 2.43. The van der Waals surface area contributed by atoms with E-state index in [4.69, 9.17) is 82.3 Å². The monoisotopic (exact) mass is 1330 g/mol. The lowest BCUT2D eigenvalue weighted by atomic mass is 9.86. The molecule has 10 N–H and O–H groups in total. The molecule has 3 saturated heterocycles. The van der Waals surface area contributed by atoms with E-state index < -0.39 is 78.6 Å². The van der Waals surface area contributed by atoms with E-state index in [1.54, 1.807) is 67.7 Å². The molecule has 8 heterocycles. The van der Waals surface area contributed by atoms with Gasteiger partial charge in [0.25, 0.3) is 5.56 Å². The van der Waals surface area contributed by atoms with Gasteiger partial charge >= 0.3 is 5.97 Å². The van der Waals surface area contributed by atoms with E-state index in [1.807, 2.05) is 36.4 Å². The normalized spacial score (nSPS) is 24.5. The minimum atomic E-state index is -1.98. The molecule has 29 heteroatoms. The Bertz CT molecular complexity index is 3570. The number of rotatable bonds is 19. The van der Waals surface area contributed by atoms with Gasteiger partial charge in [-0.2, -0.15) is 0 Å². The highest BCUT2D eigenvalue weighted by molar-refractivity contribution is 7.80. The maximum Gasteiger partial charge on any atom is 0.343 e. The molecule has 3 fully saturated rings. The van der Waals surface area contributed by atoms with Crippen molar-refractivity contribution in [1.29, 1.82) is 0 Å². The minimum Gasteiger partial charge on any atom is -0.497 e. The van der Waals surface area contributed by atoms with E-state index in [9.17, 15) is 34.5 Å². The predicted octanol–water partition coefficient (Wildman–Crippen LogP) is 2.13. The number of ether oxygens (including phenoxy) is 9. The summed E-state index contributed by atoms with van der Waals surface area (Å²) in [5, 5.41) is 67.9. The Hall–Kier alpha value is -7.39. The molecule has 0 aliphatic carbocycles. The second-order valence-electron chi connectivity index (χ2n) is 23.5. The van der Waals surface area contributed by atoms with E-state index in [0.717, 1.165) is 28.0 Å². The standard InChI is InChI=1S/C58H69N9O14S2.C6H12O4/c1-6-58(74)41-26-44-47-39(29-67(44)53(72)40(41)30-79-55(58)73)38(37-25-45-46(27-43(37)63-47)78-24-23-77-45)28-65-19-21-66(22-20-65)52(71)31(2)60-51(70)42(9-7-8-18-59-56(82)61-33-10-14-35(75-4)15-11-33)64-57(83)62-34-12-16-36(17-13-34)81-54-49(69)50(76-5)48(68)32(3)80-54;1-9-6-4(7)2-10-3-5(6)8/h10-17,25-27,31-32,42,48-50,54,68-69,74H,6-9,18-24,28-30H2,1-5H3,(H,60,70)(H2,59,61,82)(H2,62,64,83);4-8H,2-3H2,1H3/t31-,32-,42-,48+,49?,50+,54+,58?;4-,5?,6?/m01/s1. The van der Waals surface area contributed by atoms with Gasteiger partial charge in [-0.15, -0.1) is 0 Å². The van der Waals surface area contributed by atoms with Crippen LogP contribution >= 0.6 is 24.4 Å². The van der Waals surface area contributed by atoms with Gasteiger partial charge in [-0.3, -0.25) is 19.3 Å². The molecule has 0 spiro atoms. The number of fused-ring (bicyclic) bond motifs is 6. The van der Waals surface area contributed by atoms with Crippen LogP contribution in [0.25, 0.3) is 22.3 Å². The molecule has 0 saturated carbocycles. The number of aromatic nitrogens is 2. The summed E-state index contributed by atoms with van der Waals surface area (Å²) in [6.45, 7) is 8.92. The number of benzene rings is 3. The van der Waals surface area contributed by atoms with Crippen LogP contribution in [0, 0.1) is 0 Å². The number of aliphatic hydroxyl groups is 5. The number of carbonyl (C=O) groups is 3. The summed E-state index contributed by atoms with van der Waals surface area (Å²) in [5.74, 6) is 0.777. The predicted molar refractivity (Wildman–Crippen MR) is 347 cm³/mol. The Morgan fingerprint density at radius 1 is 0.796 bits per heavy atom. The largest absolute Gasteiger partial charge is 0.497 e. The van der Waals surface area contributed by atoms with Crippen molar-refractivity contribution in [3.63, 3.8) is 0 Å². The molecule has 6 aliphatic heterocycles. The number of esters is 1. The molecule has 93 heavy (non-hydrogen) atoms. The number of piperazine rings is 1. The van der Waals surface area contributed by atoms with Gasteiger partial charge in [0.2, 0.25) is 18.1 Å². The Labute approximate surface area is 547 Å². The summed E-state index contributed by atoms with van der Waals surface area (Å²) in [5.41, 5.74) is 2.92. The van der Waals surface area contributed by atoms with Crippen molar-refractivity contribution >= 4 is 74.7 Å². The number of nitrogens with one attached hydrogen (secondary N) is 5. The second-order valence-corrected chi connectivity index (χ2v) is 24.3. The third kappa shape index (κ3) is 15.4. The van der Waals surface area contributed by atoms with Crippen molar-refractivity contribution in [3.05, 3.63) is 99.3 Å². The van der Waals surface area contributed by atoms with E-state index in [1.165, 1.54) is 14.2 Å². The molecule has 5 aromatic rings. The van der Waals surface area contributed by atoms with Crippen LogP contribution in [0.1, 0.15) is 68.7 Å². The molecule has 2 amide bonds. The summed E-state index contributed by atoms with van der Waals surface area (Å²) >= 11 is 11.3. The van der Waals surface area contributed by atoms with Crippen molar-refractivity contribution in [3.8, 4) is 34.4 Å². The topological polar surface area (TPSA) is 337 Å². The van der Waals surface area contributed by atoms with Gasteiger partial charge in [0, 0.05) is 87.4 Å². The number of aliphatic hydroxyl groups excluding tert-OH is 4. The Morgan fingerprint density at radius 3 is 2.08 bits per heavy atom. The van der Waals surface area contributed by atoms with Gasteiger partial charge in [0.15, 0.2) is 27.3 Å². The van der Waals surface area contributed by atoms with Crippen LogP contribution < -0.4 is 51.1 Å². The van der Waals surface area contributed by atoms with Gasteiger partial charge in [0.1, 0.15) is 80.0 Å². The summed E-state index contributed by atoms with van der Waals surface area (Å²) < 4.78 is 50.8. The van der Waals surface area contributed by atoms with E-state index in [-0.39, 0.29) is 60.5 Å². The van der Waals surface area contributed by atoms with Crippen LogP contribution in [-0.4, -0.2) is 214 Å². The second kappa shape index (κ2) is 30.3. The van der Waals surface area contributed by atoms with Gasteiger partial charge in [-0.25, -0.2) is 9.78 Å². The molecule has 502 valence electrons. The van der Waals surface area contributed by atoms with Crippen molar-refractivity contribution in [2.24, 2.45) is 0 Å². The van der Waals surface area contributed by atoms with Crippen molar-refractivity contribution in [2.45, 2.75) is 133 Å². The zero-order valence-electron chi connectivity index (χ0n) is 52.6. The number of pyridine rings is 2. The average molecular weight is 1330 g/mol. The number of methoxy groups -OCH3 is 3. The maximum atomic E-state index is 14.2.